The van der Waals surface area contributed by atoms with Crippen molar-refractivity contribution in [3.63, 3.8) is 0 Å². The highest BCUT2D eigenvalue weighted by molar-refractivity contribution is 14.1. The van der Waals surface area contributed by atoms with Crippen LogP contribution in [0.4, 0.5) is 4.39 Å². The third kappa shape index (κ3) is 1.71. The average Bonchev–Trinajstić information content (AvgIpc) is 1.82. The monoisotopic (exact) mass is 364 g/mol. The second-order valence-electron chi connectivity index (χ2n) is 1.72. The van der Waals surface area contributed by atoms with Crippen LogP contribution >= 0.6 is 45.2 Å². The zero-order valence-corrected chi connectivity index (χ0v) is 9.05. The number of phenols is 1. The fraction of sp³-hybridized carbons (Fsp3) is 0. The molecule has 0 aromatic heterocycles. The van der Waals surface area contributed by atoms with Crippen molar-refractivity contribution in [1.82, 2.24) is 0 Å². The van der Waals surface area contributed by atoms with Gasteiger partial charge in [0.25, 0.3) is 0 Å². The Morgan fingerprint density at radius 3 is 2.00 bits per heavy atom. The van der Waals surface area contributed by atoms with Gasteiger partial charge in [-0.25, -0.2) is 4.39 Å². The van der Waals surface area contributed by atoms with E-state index in [4.69, 9.17) is 5.11 Å². The van der Waals surface area contributed by atoms with E-state index >= 15 is 0 Å². The molecule has 1 rings (SSSR count). The molecule has 0 aliphatic carbocycles. The van der Waals surface area contributed by atoms with Crippen molar-refractivity contribution >= 4 is 45.2 Å². The predicted octanol–water partition coefficient (Wildman–Crippen LogP) is 2.74. The van der Waals surface area contributed by atoms with E-state index in [0.717, 1.165) is 0 Å². The Morgan fingerprint density at radius 1 is 1.20 bits per heavy atom. The van der Waals surface area contributed by atoms with Gasteiger partial charge in [-0.2, -0.15) is 0 Å². The molecule has 1 nitrogen and oxygen atoms in total. The van der Waals surface area contributed by atoms with Crippen LogP contribution in [0, 0.1) is 13.0 Å². The van der Waals surface area contributed by atoms with Crippen LogP contribution in [0.1, 0.15) is 0 Å². The van der Waals surface area contributed by atoms with Gasteiger partial charge in [0, 0.05) is 0 Å². The van der Waals surface area contributed by atoms with Crippen molar-refractivity contribution in [1.29, 1.82) is 0 Å². The van der Waals surface area contributed by atoms with Gasteiger partial charge >= 0.3 is 0 Å². The van der Waals surface area contributed by atoms with Crippen LogP contribution in [-0.4, -0.2) is 5.11 Å². The molecule has 0 unspecified atom stereocenters. The smallest absolute Gasteiger partial charge is 0.142 e. The van der Waals surface area contributed by atoms with Gasteiger partial charge in [0.05, 0.1) is 7.14 Å². The van der Waals surface area contributed by atoms with Gasteiger partial charge in [-0.3, -0.25) is 0 Å². The Kier molecular flexibility index (Phi) is 2.73. The standard InChI is InChI=1S/C6H3FI2O/c7-3-1-4(8)6(10)5(9)2-3/h1-2,10H. The quantitative estimate of drug-likeness (QED) is 0.703. The molecule has 1 N–H and O–H groups in total. The summed E-state index contributed by atoms with van der Waals surface area (Å²) in [7, 11) is 0. The molecule has 0 atom stereocenters. The second kappa shape index (κ2) is 3.21. The number of hydrogen-bond acceptors (Lipinski definition) is 1. The van der Waals surface area contributed by atoms with E-state index in [9.17, 15) is 4.39 Å². The van der Waals surface area contributed by atoms with Crippen molar-refractivity contribution in [2.45, 2.75) is 0 Å². The molecule has 0 spiro atoms. The molecule has 54 valence electrons. The van der Waals surface area contributed by atoms with E-state index < -0.39 is 0 Å². The minimum Gasteiger partial charge on any atom is -0.506 e. The van der Waals surface area contributed by atoms with Gasteiger partial charge in [0.1, 0.15) is 11.6 Å². The van der Waals surface area contributed by atoms with Gasteiger partial charge in [0.15, 0.2) is 0 Å². The van der Waals surface area contributed by atoms with Crippen molar-refractivity contribution in [3.05, 3.63) is 25.1 Å². The maximum Gasteiger partial charge on any atom is 0.142 e. The van der Waals surface area contributed by atoms with Crippen LogP contribution in [-0.2, 0) is 0 Å². The lowest BCUT2D eigenvalue weighted by molar-refractivity contribution is 0.465. The first-order valence-corrected chi connectivity index (χ1v) is 4.60. The van der Waals surface area contributed by atoms with Gasteiger partial charge < -0.3 is 5.11 Å². The molecule has 4 heteroatoms. The molecular formula is C6H3FI2O. The van der Waals surface area contributed by atoms with Crippen molar-refractivity contribution in [2.24, 2.45) is 0 Å². The third-order valence-corrected chi connectivity index (χ3v) is 2.63. The fourth-order valence-electron chi connectivity index (χ4n) is 0.535. The summed E-state index contributed by atoms with van der Waals surface area (Å²) in [6.07, 6.45) is 0. The minimum absolute atomic E-state index is 0.155. The van der Waals surface area contributed by atoms with Crippen LogP contribution in [0.3, 0.4) is 0 Å². The van der Waals surface area contributed by atoms with Gasteiger partial charge in [0.2, 0.25) is 0 Å². The van der Waals surface area contributed by atoms with E-state index in [0.29, 0.717) is 7.14 Å². The highest BCUT2D eigenvalue weighted by Crippen LogP contribution is 2.26. The Hall–Kier alpha value is 0.410. The number of hydrogen-bond donors (Lipinski definition) is 1. The van der Waals surface area contributed by atoms with Crippen LogP contribution < -0.4 is 0 Å². The van der Waals surface area contributed by atoms with Gasteiger partial charge in [-0.1, -0.05) is 0 Å². The first-order chi connectivity index (χ1) is 4.61. The van der Waals surface area contributed by atoms with E-state index in [-0.39, 0.29) is 11.6 Å². The molecule has 0 bridgehead atoms. The molecule has 0 amide bonds. The first-order valence-electron chi connectivity index (χ1n) is 2.45. The lowest BCUT2D eigenvalue weighted by atomic mass is 10.3. The summed E-state index contributed by atoms with van der Waals surface area (Å²) < 4.78 is 13.6. The zero-order valence-electron chi connectivity index (χ0n) is 4.74. The Bertz CT molecular complexity index is 239. The van der Waals surface area contributed by atoms with Crippen molar-refractivity contribution in [3.8, 4) is 5.75 Å². The zero-order chi connectivity index (χ0) is 7.72. The van der Waals surface area contributed by atoms with Gasteiger partial charge in [-0.15, -0.1) is 0 Å². The number of rotatable bonds is 0. The van der Waals surface area contributed by atoms with E-state index in [1.165, 1.54) is 12.1 Å². The molecule has 0 radical (unpaired) electrons. The Balaban J connectivity index is 3.31. The molecule has 1 aromatic rings. The van der Waals surface area contributed by atoms with Crippen LogP contribution in [0.15, 0.2) is 12.1 Å². The molecule has 10 heavy (non-hydrogen) atoms. The van der Waals surface area contributed by atoms with Crippen molar-refractivity contribution in [2.75, 3.05) is 0 Å². The lowest BCUT2D eigenvalue weighted by Gasteiger charge is -1.98. The van der Waals surface area contributed by atoms with Crippen LogP contribution in [0.5, 0.6) is 5.75 Å². The normalized spacial score (nSPS) is 9.90. The first kappa shape index (κ1) is 8.51. The number of benzene rings is 1. The summed E-state index contributed by atoms with van der Waals surface area (Å²) in [6.45, 7) is 0. The summed E-state index contributed by atoms with van der Waals surface area (Å²) in [6, 6.07) is 2.58. The maximum absolute atomic E-state index is 12.5. The second-order valence-corrected chi connectivity index (χ2v) is 4.04. The number of halogens is 3. The highest BCUT2D eigenvalue weighted by atomic mass is 127. The topological polar surface area (TPSA) is 20.2 Å². The molecule has 0 saturated carbocycles. The number of aromatic hydroxyl groups is 1. The SMILES string of the molecule is Oc1c(I)cc(F)cc1I. The maximum atomic E-state index is 12.5. The van der Waals surface area contributed by atoms with E-state index in [1.807, 2.05) is 45.2 Å². The summed E-state index contributed by atoms with van der Waals surface area (Å²) >= 11 is 3.76. The Labute approximate surface area is 84.9 Å². The van der Waals surface area contributed by atoms with Crippen LogP contribution in [0.25, 0.3) is 0 Å². The predicted molar refractivity (Wildman–Crippen MR) is 53.5 cm³/mol. The van der Waals surface area contributed by atoms with E-state index in [2.05, 4.69) is 0 Å². The lowest BCUT2D eigenvalue weighted by Crippen LogP contribution is -1.82. The number of phenolic OH excluding ortho intramolecular Hbond substituents is 1. The molecule has 0 heterocycles. The van der Waals surface area contributed by atoms with E-state index in [1.54, 1.807) is 0 Å². The average molecular weight is 364 g/mol. The molecule has 0 fully saturated rings. The molecule has 1 aromatic carbocycles. The minimum atomic E-state index is -0.313. The van der Waals surface area contributed by atoms with Crippen molar-refractivity contribution < 1.29 is 9.50 Å². The molecular weight excluding hydrogens is 361 g/mol. The molecule has 0 aliphatic rings. The molecule has 0 aliphatic heterocycles. The summed E-state index contributed by atoms with van der Waals surface area (Å²) in [5.41, 5.74) is 0. The third-order valence-electron chi connectivity index (χ3n) is 0.982. The molecule has 0 saturated heterocycles. The summed E-state index contributed by atoms with van der Waals surface area (Å²) in [5.74, 6) is -0.158. The summed E-state index contributed by atoms with van der Waals surface area (Å²) in [4.78, 5) is 0. The fourth-order valence-corrected chi connectivity index (χ4v) is 2.23. The van der Waals surface area contributed by atoms with Crippen LogP contribution in [0.2, 0.25) is 0 Å². The summed E-state index contributed by atoms with van der Waals surface area (Å²) in [5, 5.41) is 9.15. The van der Waals surface area contributed by atoms with Gasteiger partial charge in [-0.05, 0) is 57.3 Å². The largest absolute Gasteiger partial charge is 0.506 e. The highest BCUT2D eigenvalue weighted by Gasteiger charge is 2.03. The Morgan fingerprint density at radius 2 is 1.60 bits per heavy atom.